The number of nitrogens with one attached hydrogen (secondary N) is 2. The molecule has 0 aromatic carbocycles. The first-order valence-electron chi connectivity index (χ1n) is 5.91. The molecule has 1 atom stereocenters. The molecule has 0 radical (unpaired) electrons. The summed E-state index contributed by atoms with van der Waals surface area (Å²) in [7, 11) is 0. The van der Waals surface area contributed by atoms with Gasteiger partial charge in [0.05, 0.1) is 18.2 Å². The predicted octanol–water partition coefficient (Wildman–Crippen LogP) is 1.79. The maximum absolute atomic E-state index is 11.9. The van der Waals surface area contributed by atoms with Gasteiger partial charge in [0.2, 0.25) is 5.91 Å². The minimum Gasteiger partial charge on any atom is -0.346 e. The molecular formula is C11H15N5OS2. The Bertz CT molecular complexity index is 525. The molecule has 1 amide bonds. The standard InChI is InChI=1S/C11H15N5OS2/c1-3-18-11-15-8(5-19-11)4-9(17)14-7(2)10-12-6-13-16-10/h5-7H,3-4H2,1-2H3,(H,14,17)(H,12,13,16)/t7-/m1/s1. The highest BCUT2D eigenvalue weighted by atomic mass is 32.2. The van der Waals surface area contributed by atoms with Crippen molar-refractivity contribution >= 4 is 29.0 Å². The Balaban J connectivity index is 1.86. The highest BCUT2D eigenvalue weighted by molar-refractivity contribution is 8.00. The first-order valence-corrected chi connectivity index (χ1v) is 7.77. The molecule has 0 unspecified atom stereocenters. The SMILES string of the molecule is CCSc1nc(CC(=O)N[C@H](C)c2ncn[nH]2)cs1. The number of H-pyrrole nitrogens is 1. The third kappa shape index (κ3) is 4.03. The van der Waals surface area contributed by atoms with E-state index >= 15 is 0 Å². The van der Waals surface area contributed by atoms with Gasteiger partial charge in [-0.25, -0.2) is 9.97 Å². The molecule has 2 rings (SSSR count). The molecular weight excluding hydrogens is 282 g/mol. The molecule has 8 heteroatoms. The Labute approximate surface area is 119 Å². The number of nitrogens with zero attached hydrogens (tertiary/aromatic N) is 3. The minimum atomic E-state index is -0.182. The summed E-state index contributed by atoms with van der Waals surface area (Å²) in [5, 5.41) is 11.3. The largest absolute Gasteiger partial charge is 0.346 e. The van der Waals surface area contributed by atoms with E-state index in [0.29, 0.717) is 12.2 Å². The molecule has 0 aliphatic carbocycles. The summed E-state index contributed by atoms with van der Waals surface area (Å²) in [6.07, 6.45) is 1.71. The van der Waals surface area contributed by atoms with E-state index in [4.69, 9.17) is 0 Å². The lowest BCUT2D eigenvalue weighted by Crippen LogP contribution is -2.28. The lowest BCUT2D eigenvalue weighted by atomic mass is 10.2. The lowest BCUT2D eigenvalue weighted by Gasteiger charge is -2.09. The van der Waals surface area contributed by atoms with E-state index in [9.17, 15) is 4.79 Å². The fourth-order valence-corrected chi connectivity index (χ4v) is 3.25. The number of amides is 1. The quantitative estimate of drug-likeness (QED) is 0.794. The van der Waals surface area contributed by atoms with E-state index in [2.05, 4.69) is 32.4 Å². The highest BCUT2D eigenvalue weighted by Gasteiger charge is 2.13. The average Bonchev–Trinajstić information content (AvgIpc) is 3.00. The van der Waals surface area contributed by atoms with Gasteiger partial charge in [-0.3, -0.25) is 9.89 Å². The number of hydrogen-bond acceptors (Lipinski definition) is 6. The van der Waals surface area contributed by atoms with Gasteiger partial charge in [0.1, 0.15) is 16.5 Å². The summed E-state index contributed by atoms with van der Waals surface area (Å²) in [6.45, 7) is 3.94. The van der Waals surface area contributed by atoms with Gasteiger partial charge in [-0.2, -0.15) is 5.10 Å². The van der Waals surface area contributed by atoms with Crippen LogP contribution < -0.4 is 5.32 Å². The number of thioether (sulfide) groups is 1. The van der Waals surface area contributed by atoms with Crippen molar-refractivity contribution < 1.29 is 4.79 Å². The van der Waals surface area contributed by atoms with Gasteiger partial charge >= 0.3 is 0 Å². The Morgan fingerprint density at radius 2 is 2.47 bits per heavy atom. The fourth-order valence-electron chi connectivity index (χ4n) is 1.51. The highest BCUT2D eigenvalue weighted by Crippen LogP contribution is 2.22. The van der Waals surface area contributed by atoms with Crippen molar-refractivity contribution in [2.45, 2.75) is 30.6 Å². The minimum absolute atomic E-state index is 0.0674. The first-order chi connectivity index (χ1) is 9.19. The van der Waals surface area contributed by atoms with E-state index < -0.39 is 0 Å². The number of aromatic amines is 1. The molecule has 2 N–H and O–H groups in total. The smallest absolute Gasteiger partial charge is 0.226 e. The second-order valence-corrected chi connectivity index (χ2v) is 6.24. The zero-order valence-corrected chi connectivity index (χ0v) is 12.3. The second-order valence-electron chi connectivity index (χ2n) is 3.87. The van der Waals surface area contributed by atoms with Crippen LogP contribution in [-0.4, -0.2) is 31.8 Å². The summed E-state index contributed by atoms with van der Waals surface area (Å²) >= 11 is 3.26. The van der Waals surface area contributed by atoms with E-state index in [-0.39, 0.29) is 11.9 Å². The van der Waals surface area contributed by atoms with Gasteiger partial charge in [-0.05, 0) is 12.7 Å². The molecule has 0 aliphatic rings. The third-order valence-corrected chi connectivity index (χ3v) is 4.31. The number of thiazole rings is 1. The van der Waals surface area contributed by atoms with Gasteiger partial charge < -0.3 is 5.32 Å². The summed E-state index contributed by atoms with van der Waals surface area (Å²) in [6, 6.07) is -0.182. The number of rotatable bonds is 6. The number of carbonyl (C=O) groups is 1. The van der Waals surface area contributed by atoms with Crippen molar-refractivity contribution in [3.63, 3.8) is 0 Å². The Morgan fingerprint density at radius 3 is 3.16 bits per heavy atom. The predicted molar refractivity (Wildman–Crippen MR) is 75.2 cm³/mol. The monoisotopic (exact) mass is 297 g/mol. The van der Waals surface area contributed by atoms with Crippen LogP contribution in [0.1, 0.15) is 31.4 Å². The topological polar surface area (TPSA) is 83.6 Å². The molecule has 0 saturated heterocycles. The molecule has 0 spiro atoms. The van der Waals surface area contributed by atoms with E-state index in [0.717, 1.165) is 15.8 Å². The van der Waals surface area contributed by atoms with Crippen molar-refractivity contribution in [1.29, 1.82) is 0 Å². The molecule has 0 bridgehead atoms. The Morgan fingerprint density at radius 1 is 1.63 bits per heavy atom. The number of carbonyl (C=O) groups excluding carboxylic acids is 1. The van der Waals surface area contributed by atoms with E-state index in [1.165, 1.54) is 6.33 Å². The summed E-state index contributed by atoms with van der Waals surface area (Å²) in [4.78, 5) is 20.3. The molecule has 0 saturated carbocycles. The Kier molecular flexibility index (Phi) is 4.92. The van der Waals surface area contributed by atoms with Crippen LogP contribution in [0, 0.1) is 0 Å². The van der Waals surface area contributed by atoms with Crippen molar-refractivity contribution in [2.24, 2.45) is 0 Å². The van der Waals surface area contributed by atoms with Gasteiger partial charge in [0.15, 0.2) is 0 Å². The lowest BCUT2D eigenvalue weighted by molar-refractivity contribution is -0.121. The van der Waals surface area contributed by atoms with Crippen molar-refractivity contribution in [2.75, 3.05) is 5.75 Å². The van der Waals surface area contributed by atoms with Crippen molar-refractivity contribution in [3.05, 3.63) is 23.2 Å². The Hall–Kier alpha value is -1.41. The maximum Gasteiger partial charge on any atom is 0.226 e. The maximum atomic E-state index is 11.9. The van der Waals surface area contributed by atoms with Crippen LogP contribution in [0.5, 0.6) is 0 Å². The van der Waals surface area contributed by atoms with Crippen molar-refractivity contribution in [1.82, 2.24) is 25.5 Å². The van der Waals surface area contributed by atoms with Crippen LogP contribution >= 0.6 is 23.1 Å². The molecule has 6 nitrogen and oxygen atoms in total. The summed E-state index contributed by atoms with van der Waals surface area (Å²) in [5.74, 6) is 1.57. The van der Waals surface area contributed by atoms with Gasteiger partial charge in [-0.1, -0.05) is 18.7 Å². The molecule has 19 heavy (non-hydrogen) atoms. The number of aromatic nitrogens is 4. The van der Waals surface area contributed by atoms with E-state index in [1.807, 2.05) is 12.3 Å². The zero-order valence-electron chi connectivity index (χ0n) is 10.7. The van der Waals surface area contributed by atoms with Crippen LogP contribution in [-0.2, 0) is 11.2 Å². The fraction of sp³-hybridized carbons (Fsp3) is 0.455. The van der Waals surface area contributed by atoms with Crippen molar-refractivity contribution in [3.8, 4) is 0 Å². The zero-order chi connectivity index (χ0) is 13.7. The van der Waals surface area contributed by atoms with Crippen LogP contribution in [0.2, 0.25) is 0 Å². The molecule has 2 heterocycles. The third-order valence-electron chi connectivity index (χ3n) is 2.36. The second kappa shape index (κ2) is 6.67. The van der Waals surface area contributed by atoms with Gasteiger partial charge in [0.25, 0.3) is 0 Å². The summed E-state index contributed by atoms with van der Waals surface area (Å²) in [5.41, 5.74) is 0.809. The molecule has 2 aromatic heterocycles. The van der Waals surface area contributed by atoms with Crippen LogP contribution in [0.25, 0.3) is 0 Å². The van der Waals surface area contributed by atoms with E-state index in [1.54, 1.807) is 23.1 Å². The summed E-state index contributed by atoms with van der Waals surface area (Å²) < 4.78 is 1.01. The molecule has 0 fully saturated rings. The van der Waals surface area contributed by atoms with Gasteiger partial charge in [0, 0.05) is 5.38 Å². The average molecular weight is 297 g/mol. The normalized spacial score (nSPS) is 12.3. The van der Waals surface area contributed by atoms with Crippen LogP contribution in [0.15, 0.2) is 16.0 Å². The van der Waals surface area contributed by atoms with Crippen LogP contribution in [0.4, 0.5) is 0 Å². The van der Waals surface area contributed by atoms with Gasteiger partial charge in [-0.15, -0.1) is 11.3 Å². The number of hydrogen-bond donors (Lipinski definition) is 2. The first kappa shape index (κ1) is 14.0. The molecule has 102 valence electrons. The van der Waals surface area contributed by atoms with Crippen LogP contribution in [0.3, 0.4) is 0 Å². The molecule has 0 aliphatic heterocycles. The molecule has 2 aromatic rings.